The number of nitrogens with zero attached hydrogens (tertiary/aromatic N) is 6. The van der Waals surface area contributed by atoms with Crippen LogP contribution >= 0.6 is 23.2 Å². The third-order valence-electron chi connectivity index (χ3n) is 11.6. The van der Waals surface area contributed by atoms with Gasteiger partial charge in [0.1, 0.15) is 34.5 Å². The normalized spacial score (nSPS) is 11.5. The smallest absolute Gasteiger partial charge is 0.417 e. The second-order valence-corrected chi connectivity index (χ2v) is 20.2. The van der Waals surface area contributed by atoms with Crippen molar-refractivity contribution >= 4 is 44.9 Å². The van der Waals surface area contributed by atoms with Crippen LogP contribution in [0.4, 0.5) is 35.1 Å². The van der Waals surface area contributed by atoms with Gasteiger partial charge in [0.15, 0.2) is 23.1 Å². The van der Waals surface area contributed by atoms with Crippen LogP contribution in [-0.2, 0) is 71.8 Å². The summed E-state index contributed by atoms with van der Waals surface area (Å²) in [6.45, 7) is 1.84. The van der Waals surface area contributed by atoms with Gasteiger partial charge in [-0.05, 0) is 89.8 Å². The molecule has 0 aliphatic rings. The van der Waals surface area contributed by atoms with Crippen molar-refractivity contribution < 1.29 is 67.2 Å². The van der Waals surface area contributed by atoms with E-state index in [0.717, 1.165) is 29.8 Å². The second kappa shape index (κ2) is 25.9. The van der Waals surface area contributed by atoms with Gasteiger partial charge >= 0.3 is 12.4 Å². The summed E-state index contributed by atoms with van der Waals surface area (Å²) >= 11 is 11.2. The summed E-state index contributed by atoms with van der Waals surface area (Å²) in [5.41, 5.74) is 1.97. The van der Waals surface area contributed by atoms with Gasteiger partial charge in [-0.2, -0.15) is 45.0 Å². The van der Waals surface area contributed by atoms with Crippen LogP contribution in [0.25, 0.3) is 22.5 Å². The topological polar surface area (TPSA) is 168 Å². The number of benzene rings is 5. The number of aromatic nitrogens is 6. The third-order valence-corrected chi connectivity index (χ3v) is 13.1. The molecule has 5 aromatic carbocycles. The molecule has 1 N–H and O–H groups in total. The molecule has 0 radical (unpaired) electrons. The molecule has 13 nitrogen and oxygen atoms in total. The van der Waals surface area contributed by atoms with Crippen LogP contribution in [-0.4, -0.2) is 54.1 Å². The van der Waals surface area contributed by atoms with Crippen LogP contribution in [0.2, 0.25) is 10.0 Å². The zero-order chi connectivity index (χ0) is 58.8. The number of pyridine rings is 2. The average Bonchev–Trinajstić information content (AvgIpc) is 4.05. The van der Waals surface area contributed by atoms with Crippen LogP contribution in [0, 0.1) is 18.6 Å². The minimum Gasteiger partial charge on any atom is -0.454 e. The van der Waals surface area contributed by atoms with Gasteiger partial charge in [-0.3, -0.25) is 33.5 Å². The van der Waals surface area contributed by atoms with Gasteiger partial charge in [0, 0.05) is 87.8 Å². The van der Waals surface area contributed by atoms with Gasteiger partial charge in [-0.1, -0.05) is 77.3 Å². The highest BCUT2D eigenvalue weighted by molar-refractivity contribution is 7.85. The molecule has 0 amide bonds. The lowest BCUT2D eigenvalue weighted by molar-refractivity contribution is -0.138. The number of halogens is 10. The largest absolute Gasteiger partial charge is 0.454 e. The molecule has 24 heteroatoms. The van der Waals surface area contributed by atoms with Crippen LogP contribution < -0.4 is 9.47 Å². The standard InChI is InChI=1S/2C25H18ClF4N3O2.C7H8O3S/c2*1-33-14-17(13-32-33)24-23(27)22(8-9-31-24)35-19-5-2-15(3-6-19)10-18(34)11-16-4-7-21(26)20(12-16)25(28,29)30;1-6-2-4-7(5-3-6)11(8,9)10/h2*2-9,12-14H,10-11H2,1H3;2-5H,1H3,(H,8,9,10). The monoisotopic (exact) mass is 1180 g/mol. The van der Waals surface area contributed by atoms with Gasteiger partial charge in [-0.15, -0.1) is 0 Å². The number of ketones is 2. The number of ether oxygens (including phenoxy) is 2. The highest BCUT2D eigenvalue weighted by atomic mass is 35.5. The number of hydrogen-bond donors (Lipinski definition) is 1. The highest BCUT2D eigenvalue weighted by Crippen LogP contribution is 2.37. The number of alkyl halides is 6. The minimum absolute atomic E-state index is 0.0129. The van der Waals surface area contributed by atoms with Crippen LogP contribution in [0.1, 0.15) is 38.9 Å². The summed E-state index contributed by atoms with van der Waals surface area (Å²) in [6.07, 6.45) is -0.400. The number of carbonyl (C=O) groups excluding carboxylic acids is 2. The Morgan fingerprint density at radius 1 is 0.556 bits per heavy atom. The number of carbonyl (C=O) groups is 2. The third kappa shape index (κ3) is 16.9. The fourth-order valence-corrected chi connectivity index (χ4v) is 8.58. The molecule has 0 unspecified atom stereocenters. The molecule has 0 aliphatic heterocycles. The van der Waals surface area contributed by atoms with E-state index in [9.17, 15) is 53.1 Å². The van der Waals surface area contributed by atoms with E-state index < -0.39 is 55.3 Å². The minimum atomic E-state index is -4.60. The van der Waals surface area contributed by atoms with Gasteiger partial charge in [0.2, 0.25) is 0 Å². The maximum absolute atomic E-state index is 14.9. The van der Waals surface area contributed by atoms with Crippen molar-refractivity contribution in [3.63, 3.8) is 0 Å². The first-order valence-corrected chi connectivity index (χ1v) is 26.0. The van der Waals surface area contributed by atoms with Gasteiger partial charge < -0.3 is 9.47 Å². The van der Waals surface area contributed by atoms with Gasteiger partial charge in [0.25, 0.3) is 10.1 Å². The lowest BCUT2D eigenvalue weighted by Gasteiger charge is -2.11. The maximum atomic E-state index is 14.9. The lowest BCUT2D eigenvalue weighted by atomic mass is 10.0. The number of Topliss-reactive ketones (excluding diaryl/α,β-unsaturated/α-hetero) is 2. The molecule has 0 spiro atoms. The van der Waals surface area contributed by atoms with E-state index >= 15 is 0 Å². The SMILES string of the molecule is Cc1ccc(S(=O)(=O)O)cc1.Cn1cc(-c2nccc(Oc3ccc(CC(=O)Cc4ccc(Cl)c(C(F)(F)F)c4)cc3)c2F)cn1.Cn1cc(-c2nccc(Oc3ccc(CC(=O)Cc4ccc(Cl)c(C(F)(F)F)c4)cc3)c2F)cn1. The first-order chi connectivity index (χ1) is 38.2. The molecule has 9 rings (SSSR count). The van der Waals surface area contributed by atoms with E-state index in [0.29, 0.717) is 33.8 Å². The summed E-state index contributed by atoms with van der Waals surface area (Å²) in [4.78, 5) is 32.9. The zero-order valence-corrected chi connectivity index (χ0v) is 44.9. The molecule has 4 heterocycles. The van der Waals surface area contributed by atoms with Crippen LogP contribution in [0.15, 0.2) is 163 Å². The molecule has 0 atom stereocenters. The van der Waals surface area contributed by atoms with Crippen molar-refractivity contribution in [3.8, 4) is 45.5 Å². The molecule has 0 saturated heterocycles. The highest BCUT2D eigenvalue weighted by Gasteiger charge is 2.34. The molecule has 0 saturated carbocycles. The average molecular weight is 1180 g/mol. The van der Waals surface area contributed by atoms with E-state index in [4.69, 9.17) is 37.2 Å². The van der Waals surface area contributed by atoms with Crippen molar-refractivity contribution in [2.24, 2.45) is 14.1 Å². The summed E-state index contributed by atoms with van der Waals surface area (Å²) in [7, 11) is -0.596. The second-order valence-electron chi connectivity index (χ2n) is 17.9. The number of hydrogen-bond acceptors (Lipinski definition) is 10. The first-order valence-electron chi connectivity index (χ1n) is 23.8. The van der Waals surface area contributed by atoms with Crippen LogP contribution in [0.5, 0.6) is 23.0 Å². The van der Waals surface area contributed by atoms with Crippen molar-refractivity contribution in [3.05, 3.63) is 219 Å². The molecule has 0 fully saturated rings. The van der Waals surface area contributed by atoms with Crippen molar-refractivity contribution in [2.75, 3.05) is 0 Å². The molecule has 4 aromatic heterocycles. The number of aryl methyl sites for hydroxylation is 3. The van der Waals surface area contributed by atoms with Gasteiger partial charge in [0.05, 0.1) is 38.5 Å². The maximum Gasteiger partial charge on any atom is 0.417 e. The Morgan fingerprint density at radius 3 is 1.25 bits per heavy atom. The fraction of sp³-hybridized carbons (Fsp3) is 0.158. The summed E-state index contributed by atoms with van der Waals surface area (Å²) in [6, 6.07) is 28.5. The van der Waals surface area contributed by atoms with Crippen molar-refractivity contribution in [1.82, 2.24) is 29.5 Å². The molecule has 81 heavy (non-hydrogen) atoms. The number of rotatable bonds is 15. The van der Waals surface area contributed by atoms with E-state index in [-0.39, 0.29) is 76.2 Å². The predicted molar refractivity (Wildman–Crippen MR) is 285 cm³/mol. The molecular formula is C57H44Cl2F8N6O7S. The molecule has 420 valence electrons. The Hall–Kier alpha value is -8.31. The predicted octanol–water partition coefficient (Wildman–Crippen LogP) is 14.1. The molecule has 9 aromatic rings. The Balaban J connectivity index is 0.000000197. The molecule has 0 bridgehead atoms. The Kier molecular flexibility index (Phi) is 19.3. The van der Waals surface area contributed by atoms with Crippen molar-refractivity contribution in [1.29, 1.82) is 0 Å². The Morgan fingerprint density at radius 2 is 0.914 bits per heavy atom. The van der Waals surface area contributed by atoms with E-state index in [2.05, 4.69) is 20.2 Å². The quantitative estimate of drug-likeness (QED) is 0.0766. The Labute approximate surface area is 468 Å². The van der Waals surface area contributed by atoms with Crippen molar-refractivity contribution in [2.45, 2.75) is 49.9 Å². The van der Waals surface area contributed by atoms with E-state index in [1.165, 1.54) is 70.5 Å². The Bertz CT molecular complexity index is 3590. The molecule has 0 aliphatic carbocycles. The van der Waals surface area contributed by atoms with Crippen LogP contribution in [0.3, 0.4) is 0 Å². The fourth-order valence-electron chi connectivity index (χ4n) is 7.65. The first kappa shape index (κ1) is 60.3. The van der Waals surface area contributed by atoms with E-state index in [1.807, 2.05) is 6.92 Å². The summed E-state index contributed by atoms with van der Waals surface area (Å²) < 4.78 is 152. The molecular weight excluding hydrogens is 1140 g/mol. The van der Waals surface area contributed by atoms with E-state index in [1.54, 1.807) is 87.2 Å². The lowest BCUT2D eigenvalue weighted by Crippen LogP contribution is -2.10. The summed E-state index contributed by atoms with van der Waals surface area (Å²) in [5.74, 6) is -1.17. The zero-order valence-electron chi connectivity index (χ0n) is 42.6. The summed E-state index contributed by atoms with van der Waals surface area (Å²) in [5, 5.41) is 7.20. The van der Waals surface area contributed by atoms with Gasteiger partial charge in [-0.25, -0.2) is 8.78 Å².